The number of carbonyl (C=O) groups excluding carboxylic acids is 2. The molecule has 30 heavy (non-hydrogen) atoms. The number of nitrogens with two attached hydrogens (primary N) is 1. The van der Waals surface area contributed by atoms with Gasteiger partial charge in [-0.05, 0) is 42.3 Å². The van der Waals surface area contributed by atoms with Gasteiger partial charge in [0.2, 0.25) is 5.91 Å². The van der Waals surface area contributed by atoms with Gasteiger partial charge in [0.1, 0.15) is 11.8 Å². The molecule has 1 unspecified atom stereocenters. The molecule has 0 aliphatic carbocycles. The van der Waals surface area contributed by atoms with E-state index >= 15 is 0 Å². The number of nitrogens with one attached hydrogen (secondary N) is 3. The molecule has 0 saturated heterocycles. The van der Waals surface area contributed by atoms with Crippen LogP contribution in [0, 0.1) is 12.3 Å². The maximum absolute atomic E-state index is 12.6. The molecular formula is C24H24N4O2. The molecule has 6 heteroatoms. The van der Waals surface area contributed by atoms with Crippen LogP contribution < -0.4 is 16.4 Å². The molecule has 5 N–H and O–H groups in total. The minimum absolute atomic E-state index is 0.136. The van der Waals surface area contributed by atoms with Crippen LogP contribution >= 0.6 is 0 Å². The van der Waals surface area contributed by atoms with Gasteiger partial charge in [-0.3, -0.25) is 15.0 Å². The standard InChI is InChI=1S/C24H24N4O2/c1-16-6-5-9-19(14-16)23(29)27-15-17-10-12-20(13-11-17)28-24(30)21(22(25)26)18-7-3-2-4-8-18/h2-14,21H,15H2,1H3,(H3,25,26)(H,27,29)(H,28,30). The third kappa shape index (κ3) is 5.32. The van der Waals surface area contributed by atoms with E-state index < -0.39 is 5.92 Å². The van der Waals surface area contributed by atoms with E-state index in [0.717, 1.165) is 11.1 Å². The van der Waals surface area contributed by atoms with Crippen LogP contribution in [0.15, 0.2) is 78.9 Å². The van der Waals surface area contributed by atoms with E-state index in [9.17, 15) is 9.59 Å². The number of anilines is 1. The summed E-state index contributed by atoms with van der Waals surface area (Å²) in [6.45, 7) is 2.32. The third-order valence-electron chi connectivity index (χ3n) is 4.66. The molecule has 0 fully saturated rings. The SMILES string of the molecule is Cc1cccc(C(=O)NCc2ccc(NC(=O)C(C(=N)N)c3ccccc3)cc2)c1. The molecule has 3 aromatic carbocycles. The minimum Gasteiger partial charge on any atom is -0.387 e. The first kappa shape index (κ1) is 20.8. The van der Waals surface area contributed by atoms with Crippen molar-refractivity contribution >= 4 is 23.3 Å². The molecule has 0 bridgehead atoms. The molecule has 152 valence electrons. The predicted octanol–water partition coefficient (Wildman–Crippen LogP) is 3.58. The number of benzene rings is 3. The Morgan fingerprint density at radius 2 is 1.67 bits per heavy atom. The summed E-state index contributed by atoms with van der Waals surface area (Å²) >= 11 is 0. The maximum atomic E-state index is 12.6. The zero-order valence-electron chi connectivity index (χ0n) is 16.7. The van der Waals surface area contributed by atoms with Crippen LogP contribution in [0.5, 0.6) is 0 Å². The Morgan fingerprint density at radius 3 is 2.30 bits per heavy atom. The van der Waals surface area contributed by atoms with Crippen LogP contribution in [-0.2, 0) is 11.3 Å². The van der Waals surface area contributed by atoms with Gasteiger partial charge in [-0.15, -0.1) is 0 Å². The van der Waals surface area contributed by atoms with Crippen molar-refractivity contribution < 1.29 is 9.59 Å². The number of hydrogen-bond donors (Lipinski definition) is 4. The van der Waals surface area contributed by atoms with Crippen molar-refractivity contribution in [3.63, 3.8) is 0 Å². The topological polar surface area (TPSA) is 108 Å². The number of aryl methyl sites for hydroxylation is 1. The zero-order valence-corrected chi connectivity index (χ0v) is 16.7. The van der Waals surface area contributed by atoms with Gasteiger partial charge in [-0.1, -0.05) is 60.2 Å². The Balaban J connectivity index is 1.60. The van der Waals surface area contributed by atoms with Crippen molar-refractivity contribution in [2.75, 3.05) is 5.32 Å². The van der Waals surface area contributed by atoms with E-state index in [0.29, 0.717) is 23.4 Å². The highest BCUT2D eigenvalue weighted by atomic mass is 16.2. The summed E-state index contributed by atoms with van der Waals surface area (Å²) in [4.78, 5) is 24.9. The molecule has 0 radical (unpaired) electrons. The fraction of sp³-hybridized carbons (Fsp3) is 0.125. The molecule has 0 aliphatic rings. The van der Waals surface area contributed by atoms with Crippen LogP contribution in [0.4, 0.5) is 5.69 Å². The van der Waals surface area contributed by atoms with E-state index in [2.05, 4.69) is 10.6 Å². The first-order valence-corrected chi connectivity index (χ1v) is 9.57. The molecule has 3 aromatic rings. The monoisotopic (exact) mass is 400 g/mol. The van der Waals surface area contributed by atoms with Gasteiger partial charge in [0.25, 0.3) is 5.91 Å². The highest BCUT2D eigenvalue weighted by Crippen LogP contribution is 2.19. The molecule has 0 saturated carbocycles. The van der Waals surface area contributed by atoms with Crippen molar-refractivity contribution in [3.8, 4) is 0 Å². The number of rotatable bonds is 7. The van der Waals surface area contributed by atoms with E-state index in [1.807, 2.05) is 43.3 Å². The van der Waals surface area contributed by atoms with Crippen molar-refractivity contribution in [2.24, 2.45) is 5.73 Å². The van der Waals surface area contributed by atoms with E-state index in [1.54, 1.807) is 42.5 Å². The Morgan fingerprint density at radius 1 is 0.967 bits per heavy atom. The lowest BCUT2D eigenvalue weighted by atomic mass is 9.97. The van der Waals surface area contributed by atoms with E-state index in [1.165, 1.54) is 0 Å². The molecule has 1 atom stereocenters. The Bertz CT molecular complexity index is 1050. The molecule has 3 rings (SSSR count). The van der Waals surface area contributed by atoms with Crippen LogP contribution in [0.25, 0.3) is 0 Å². The molecule has 2 amide bonds. The normalized spacial score (nSPS) is 11.4. The Labute approximate surface area is 175 Å². The van der Waals surface area contributed by atoms with Crippen molar-refractivity contribution in [3.05, 3.63) is 101 Å². The molecular weight excluding hydrogens is 376 g/mol. The second-order valence-electron chi connectivity index (χ2n) is 7.04. The Hall–Kier alpha value is -3.93. The smallest absolute Gasteiger partial charge is 0.251 e. The second-order valence-corrected chi connectivity index (χ2v) is 7.04. The maximum Gasteiger partial charge on any atom is 0.251 e. The van der Waals surface area contributed by atoms with Gasteiger partial charge in [-0.25, -0.2) is 0 Å². The number of amides is 2. The largest absolute Gasteiger partial charge is 0.387 e. The summed E-state index contributed by atoms with van der Waals surface area (Å²) in [5.74, 6) is -1.56. The summed E-state index contributed by atoms with van der Waals surface area (Å²) in [5.41, 5.74) is 9.47. The predicted molar refractivity (Wildman–Crippen MR) is 119 cm³/mol. The van der Waals surface area contributed by atoms with Crippen molar-refractivity contribution in [1.82, 2.24) is 5.32 Å². The summed E-state index contributed by atoms with van der Waals surface area (Å²) in [6.07, 6.45) is 0. The van der Waals surface area contributed by atoms with Crippen LogP contribution in [0.1, 0.15) is 33.0 Å². The number of amidine groups is 1. The zero-order chi connectivity index (χ0) is 21.5. The van der Waals surface area contributed by atoms with Gasteiger partial charge in [-0.2, -0.15) is 0 Å². The first-order valence-electron chi connectivity index (χ1n) is 9.57. The minimum atomic E-state index is -0.848. The summed E-state index contributed by atoms with van der Waals surface area (Å²) in [7, 11) is 0. The molecule has 0 aromatic heterocycles. The van der Waals surface area contributed by atoms with Gasteiger partial charge in [0, 0.05) is 17.8 Å². The lowest BCUT2D eigenvalue weighted by molar-refractivity contribution is -0.116. The first-order chi connectivity index (χ1) is 14.4. The van der Waals surface area contributed by atoms with Crippen LogP contribution in [0.2, 0.25) is 0 Å². The molecule has 6 nitrogen and oxygen atoms in total. The summed E-state index contributed by atoms with van der Waals surface area (Å²) in [6, 6.07) is 23.6. The second kappa shape index (κ2) is 9.52. The van der Waals surface area contributed by atoms with Gasteiger partial charge < -0.3 is 16.4 Å². The highest BCUT2D eigenvalue weighted by Gasteiger charge is 2.23. The number of carbonyl (C=O) groups is 2. The average Bonchev–Trinajstić information content (AvgIpc) is 2.73. The molecule has 0 heterocycles. The van der Waals surface area contributed by atoms with Gasteiger partial charge in [0.05, 0.1) is 0 Å². The fourth-order valence-electron chi connectivity index (χ4n) is 3.11. The van der Waals surface area contributed by atoms with Gasteiger partial charge in [0.15, 0.2) is 0 Å². The van der Waals surface area contributed by atoms with Crippen molar-refractivity contribution in [1.29, 1.82) is 5.41 Å². The van der Waals surface area contributed by atoms with Crippen molar-refractivity contribution in [2.45, 2.75) is 19.4 Å². The highest BCUT2D eigenvalue weighted by molar-refractivity contribution is 6.11. The Kier molecular flexibility index (Phi) is 6.60. The molecule has 0 spiro atoms. The third-order valence-corrected chi connectivity index (χ3v) is 4.66. The fourth-order valence-corrected chi connectivity index (χ4v) is 3.11. The quantitative estimate of drug-likeness (QED) is 0.359. The van der Waals surface area contributed by atoms with Gasteiger partial charge >= 0.3 is 0 Å². The number of hydrogen-bond acceptors (Lipinski definition) is 3. The lowest BCUT2D eigenvalue weighted by Gasteiger charge is -2.16. The summed E-state index contributed by atoms with van der Waals surface area (Å²) in [5, 5.41) is 13.5. The van der Waals surface area contributed by atoms with Crippen LogP contribution in [-0.4, -0.2) is 17.6 Å². The van der Waals surface area contributed by atoms with E-state index in [4.69, 9.17) is 11.1 Å². The summed E-state index contributed by atoms with van der Waals surface area (Å²) < 4.78 is 0. The van der Waals surface area contributed by atoms with Crippen LogP contribution in [0.3, 0.4) is 0 Å². The average molecular weight is 400 g/mol. The molecule has 0 aliphatic heterocycles. The lowest BCUT2D eigenvalue weighted by Crippen LogP contribution is -2.32. The van der Waals surface area contributed by atoms with E-state index in [-0.39, 0.29) is 17.6 Å².